The third-order valence-corrected chi connectivity index (χ3v) is 3.75. The van der Waals surface area contributed by atoms with Crippen molar-refractivity contribution >= 4 is 45.6 Å². The van der Waals surface area contributed by atoms with Gasteiger partial charge < -0.3 is 15.6 Å². The van der Waals surface area contributed by atoms with Gasteiger partial charge in [-0.25, -0.2) is 4.79 Å². The number of nitrogens with zero attached hydrogens (tertiary/aromatic N) is 1. The first-order valence-electron chi connectivity index (χ1n) is 6.72. The van der Waals surface area contributed by atoms with E-state index in [0.717, 1.165) is 5.56 Å². The summed E-state index contributed by atoms with van der Waals surface area (Å²) >= 11 is 3.23. The molecule has 0 aliphatic carbocycles. The maximum absolute atomic E-state index is 10.9. The summed E-state index contributed by atoms with van der Waals surface area (Å²) in [5.74, 6) is 0.0505. The molecule has 0 spiro atoms. The molecule has 0 aromatic heterocycles. The summed E-state index contributed by atoms with van der Waals surface area (Å²) in [6.07, 6.45) is 2.04. The van der Waals surface area contributed by atoms with Crippen molar-refractivity contribution < 1.29 is 19.6 Å². The number of hydrogen-bond donors (Lipinski definition) is 2. The fourth-order valence-electron chi connectivity index (χ4n) is 2.02. The van der Waals surface area contributed by atoms with E-state index in [4.69, 9.17) is 10.8 Å². The number of nitrogen functional groups attached to an aromatic ring is 1. The van der Waals surface area contributed by atoms with Gasteiger partial charge in [0.15, 0.2) is 5.75 Å². The van der Waals surface area contributed by atoms with Crippen molar-refractivity contribution in [3.63, 3.8) is 0 Å². The average Bonchev–Trinajstić information content (AvgIpc) is 2.54. The van der Waals surface area contributed by atoms with Crippen LogP contribution >= 0.6 is 15.9 Å². The smallest absolute Gasteiger partial charge is 0.449 e. The zero-order valence-corrected chi connectivity index (χ0v) is 13.9. The van der Waals surface area contributed by atoms with Crippen molar-refractivity contribution in [2.45, 2.75) is 5.33 Å². The Bertz CT molecular complexity index is 820. The number of rotatable bonds is 5. The highest BCUT2D eigenvalue weighted by atomic mass is 79.9. The number of carbonyl (C=O) groups is 1. The molecule has 0 atom stereocenters. The molecule has 0 saturated carbocycles. The largest absolute Gasteiger partial charge is 0.511 e. The van der Waals surface area contributed by atoms with Crippen LogP contribution in [-0.2, 0) is 5.33 Å². The Hall–Kier alpha value is -2.87. The molecule has 2 aromatic rings. The van der Waals surface area contributed by atoms with E-state index in [1.807, 2.05) is 0 Å². The van der Waals surface area contributed by atoms with Gasteiger partial charge in [0.25, 0.3) is 5.69 Å². The molecule has 0 aliphatic heterocycles. The third-order valence-electron chi connectivity index (χ3n) is 3.15. The first-order valence-corrected chi connectivity index (χ1v) is 7.84. The maximum atomic E-state index is 10.9. The van der Waals surface area contributed by atoms with E-state index >= 15 is 0 Å². The van der Waals surface area contributed by atoms with Crippen molar-refractivity contribution in [1.82, 2.24) is 0 Å². The molecule has 0 bridgehead atoms. The van der Waals surface area contributed by atoms with Gasteiger partial charge in [0.2, 0.25) is 0 Å². The zero-order valence-electron chi connectivity index (χ0n) is 12.3. The molecule has 2 aromatic carbocycles. The standard InChI is InChI=1S/C16H13BrN2O5/c17-9-12-7-10(4-6-14(12)19(22)23)1-2-11-3-5-13(18)15(8-11)24-16(20)21/h1-8H,9,18H2,(H,20,21). The number of hydrogen-bond acceptors (Lipinski definition) is 5. The highest BCUT2D eigenvalue weighted by Crippen LogP contribution is 2.26. The molecule has 0 saturated heterocycles. The van der Waals surface area contributed by atoms with E-state index in [-0.39, 0.29) is 17.1 Å². The molecule has 8 heteroatoms. The monoisotopic (exact) mass is 392 g/mol. The van der Waals surface area contributed by atoms with Crippen LogP contribution in [0.25, 0.3) is 12.2 Å². The molecule has 0 unspecified atom stereocenters. The second-order valence-electron chi connectivity index (χ2n) is 4.78. The molecule has 7 nitrogen and oxygen atoms in total. The molecule has 0 heterocycles. The van der Waals surface area contributed by atoms with E-state index in [9.17, 15) is 14.9 Å². The van der Waals surface area contributed by atoms with E-state index < -0.39 is 11.1 Å². The molecule has 2 rings (SSSR count). The number of ether oxygens (including phenoxy) is 1. The number of benzene rings is 2. The molecular weight excluding hydrogens is 380 g/mol. The molecule has 0 amide bonds. The molecule has 3 N–H and O–H groups in total. The van der Waals surface area contributed by atoms with Crippen LogP contribution in [0, 0.1) is 10.1 Å². The molecular formula is C16H13BrN2O5. The van der Waals surface area contributed by atoms with E-state index in [1.54, 1.807) is 30.4 Å². The fourth-order valence-corrected chi connectivity index (χ4v) is 2.47. The molecule has 24 heavy (non-hydrogen) atoms. The van der Waals surface area contributed by atoms with Gasteiger partial charge in [-0.05, 0) is 35.4 Å². The highest BCUT2D eigenvalue weighted by molar-refractivity contribution is 9.08. The summed E-state index contributed by atoms with van der Waals surface area (Å²) in [6, 6.07) is 9.52. The number of carboxylic acid groups (broad SMARTS) is 1. The normalized spacial score (nSPS) is 10.7. The molecule has 0 radical (unpaired) electrons. The zero-order chi connectivity index (χ0) is 17.7. The summed E-state index contributed by atoms with van der Waals surface area (Å²) in [4.78, 5) is 21.1. The van der Waals surface area contributed by atoms with Crippen molar-refractivity contribution in [2.75, 3.05) is 5.73 Å². The Morgan fingerprint density at radius 2 is 1.88 bits per heavy atom. The molecule has 0 fully saturated rings. The van der Waals surface area contributed by atoms with Crippen LogP contribution in [0.15, 0.2) is 36.4 Å². The number of nitro benzene ring substituents is 1. The van der Waals surface area contributed by atoms with Gasteiger partial charge in [-0.1, -0.05) is 34.1 Å². The minimum Gasteiger partial charge on any atom is -0.449 e. The van der Waals surface area contributed by atoms with Gasteiger partial charge in [-0.2, -0.15) is 0 Å². The van der Waals surface area contributed by atoms with Gasteiger partial charge >= 0.3 is 6.16 Å². The first kappa shape index (κ1) is 17.5. The summed E-state index contributed by atoms with van der Waals surface area (Å²) in [6.45, 7) is 0. The molecule has 0 aliphatic rings. The van der Waals surface area contributed by atoms with Crippen molar-refractivity contribution in [1.29, 1.82) is 0 Å². The average molecular weight is 393 g/mol. The van der Waals surface area contributed by atoms with Crippen molar-refractivity contribution in [3.05, 3.63) is 63.2 Å². The SMILES string of the molecule is Nc1ccc(C=Cc2ccc([N+](=O)[O-])c(CBr)c2)cc1OC(=O)O. The predicted octanol–water partition coefficient (Wildman–Crippen LogP) is 4.30. The second-order valence-corrected chi connectivity index (χ2v) is 5.34. The van der Waals surface area contributed by atoms with Crippen LogP contribution in [-0.4, -0.2) is 16.2 Å². The van der Waals surface area contributed by atoms with Crippen LogP contribution in [0.5, 0.6) is 5.75 Å². The summed E-state index contributed by atoms with van der Waals surface area (Å²) < 4.78 is 4.59. The summed E-state index contributed by atoms with van der Waals surface area (Å²) in [7, 11) is 0. The van der Waals surface area contributed by atoms with Crippen LogP contribution in [0.1, 0.15) is 16.7 Å². The third kappa shape index (κ3) is 4.32. The lowest BCUT2D eigenvalue weighted by molar-refractivity contribution is -0.385. The van der Waals surface area contributed by atoms with Crippen LogP contribution in [0.4, 0.5) is 16.2 Å². The van der Waals surface area contributed by atoms with Gasteiger partial charge in [-0.15, -0.1) is 0 Å². The second kappa shape index (κ2) is 7.60. The summed E-state index contributed by atoms with van der Waals surface area (Å²) in [5, 5.41) is 19.9. The van der Waals surface area contributed by atoms with Gasteiger partial charge in [0.1, 0.15) is 0 Å². The number of alkyl halides is 1. The number of halogens is 1. The highest BCUT2D eigenvalue weighted by Gasteiger charge is 2.12. The van der Waals surface area contributed by atoms with Crippen molar-refractivity contribution in [2.24, 2.45) is 0 Å². The quantitative estimate of drug-likeness (QED) is 0.149. The van der Waals surface area contributed by atoms with E-state index in [0.29, 0.717) is 16.5 Å². The predicted molar refractivity (Wildman–Crippen MR) is 94.2 cm³/mol. The lowest BCUT2D eigenvalue weighted by Gasteiger charge is -2.05. The Morgan fingerprint density at radius 3 is 2.46 bits per heavy atom. The van der Waals surface area contributed by atoms with Crippen LogP contribution in [0.2, 0.25) is 0 Å². The molecule has 124 valence electrons. The van der Waals surface area contributed by atoms with Gasteiger partial charge in [0, 0.05) is 17.0 Å². The summed E-state index contributed by atoms with van der Waals surface area (Å²) in [5.41, 5.74) is 7.93. The number of anilines is 1. The van der Waals surface area contributed by atoms with Crippen molar-refractivity contribution in [3.8, 4) is 5.75 Å². The number of nitro groups is 1. The first-order chi connectivity index (χ1) is 11.4. The lowest BCUT2D eigenvalue weighted by atomic mass is 10.1. The van der Waals surface area contributed by atoms with E-state index in [2.05, 4.69) is 20.7 Å². The van der Waals surface area contributed by atoms with Gasteiger partial charge in [-0.3, -0.25) is 10.1 Å². The Labute approximate surface area is 145 Å². The topological polar surface area (TPSA) is 116 Å². The maximum Gasteiger partial charge on any atom is 0.511 e. The Morgan fingerprint density at radius 1 is 1.25 bits per heavy atom. The van der Waals surface area contributed by atoms with Crippen LogP contribution < -0.4 is 10.5 Å². The van der Waals surface area contributed by atoms with Gasteiger partial charge in [0.05, 0.1) is 10.6 Å². The lowest BCUT2D eigenvalue weighted by Crippen LogP contribution is -2.05. The minimum absolute atomic E-state index is 0.0497. The van der Waals surface area contributed by atoms with E-state index in [1.165, 1.54) is 18.2 Å². The number of nitrogens with two attached hydrogens (primary N) is 1. The minimum atomic E-state index is -1.44. The Balaban J connectivity index is 2.28. The Kier molecular flexibility index (Phi) is 5.54. The van der Waals surface area contributed by atoms with Crippen LogP contribution in [0.3, 0.4) is 0 Å². The fraction of sp³-hybridized carbons (Fsp3) is 0.0625.